The largest absolute Gasteiger partial charge is 0.394 e. The minimum Gasteiger partial charge on any atom is -0.394 e. The minimum absolute atomic E-state index is 0.00413. The van der Waals surface area contributed by atoms with E-state index in [0.29, 0.717) is 11.7 Å². The first-order valence-electron chi connectivity index (χ1n) is 6.15. The number of aliphatic hydroxyl groups is 1. The van der Waals surface area contributed by atoms with E-state index in [9.17, 15) is 9.90 Å². The molecule has 2 atom stereocenters. The number of likely N-dealkylation sites (tertiary alicyclic amines) is 1. The van der Waals surface area contributed by atoms with E-state index in [2.05, 4.69) is 11.9 Å². The van der Waals surface area contributed by atoms with Gasteiger partial charge in [0.15, 0.2) is 0 Å². The van der Waals surface area contributed by atoms with Gasteiger partial charge in [0.2, 0.25) is 5.91 Å². The summed E-state index contributed by atoms with van der Waals surface area (Å²) in [6.45, 7) is 2.92. The van der Waals surface area contributed by atoms with E-state index < -0.39 is 0 Å². The number of thioether (sulfide) groups is 1. The maximum absolute atomic E-state index is 12.1. The van der Waals surface area contributed by atoms with Crippen molar-refractivity contribution in [3.8, 4) is 0 Å². The Morgan fingerprint density at radius 1 is 1.56 bits per heavy atom. The molecule has 0 aromatic carbocycles. The molecule has 1 N–H and O–H groups in total. The number of aromatic nitrogens is 1. The highest BCUT2D eigenvalue weighted by atomic mass is 32.2. The van der Waals surface area contributed by atoms with Crippen molar-refractivity contribution >= 4 is 17.7 Å². The molecule has 0 saturated carbocycles. The van der Waals surface area contributed by atoms with Crippen molar-refractivity contribution < 1.29 is 9.90 Å². The third-order valence-corrected chi connectivity index (χ3v) is 4.40. The van der Waals surface area contributed by atoms with Gasteiger partial charge in [-0.15, -0.1) is 11.8 Å². The Labute approximate surface area is 111 Å². The summed E-state index contributed by atoms with van der Waals surface area (Å²) < 4.78 is 0. The number of hydrogen-bond acceptors (Lipinski definition) is 4. The standard InChI is InChI=1S/C13H18N2O2S/c1-10-4-7-15(12(10)8-16)13(17)9-18-11-2-5-14-6-3-11/h2-3,5-6,10,12,16H,4,7-9H2,1H3. The predicted molar refractivity (Wildman–Crippen MR) is 71.3 cm³/mol. The number of amides is 1. The number of rotatable bonds is 4. The highest BCUT2D eigenvalue weighted by Gasteiger charge is 2.33. The highest BCUT2D eigenvalue weighted by Crippen LogP contribution is 2.25. The van der Waals surface area contributed by atoms with Gasteiger partial charge < -0.3 is 10.0 Å². The maximum Gasteiger partial charge on any atom is 0.233 e. The second-order valence-corrected chi connectivity index (χ2v) is 5.62. The van der Waals surface area contributed by atoms with Crippen molar-refractivity contribution in [3.05, 3.63) is 24.5 Å². The number of carbonyl (C=O) groups excluding carboxylic acids is 1. The number of nitrogens with zero attached hydrogens (tertiary/aromatic N) is 2. The fourth-order valence-electron chi connectivity index (χ4n) is 2.26. The van der Waals surface area contributed by atoms with Crippen LogP contribution in [0.4, 0.5) is 0 Å². The van der Waals surface area contributed by atoms with Crippen LogP contribution in [0.25, 0.3) is 0 Å². The molecule has 0 aliphatic carbocycles. The topological polar surface area (TPSA) is 53.4 Å². The first-order chi connectivity index (χ1) is 8.72. The van der Waals surface area contributed by atoms with E-state index in [0.717, 1.165) is 17.9 Å². The summed E-state index contributed by atoms with van der Waals surface area (Å²) in [6.07, 6.45) is 4.43. The zero-order chi connectivity index (χ0) is 13.0. The number of carbonyl (C=O) groups is 1. The van der Waals surface area contributed by atoms with Crippen molar-refractivity contribution in [1.82, 2.24) is 9.88 Å². The second kappa shape index (κ2) is 6.20. The lowest BCUT2D eigenvalue weighted by atomic mass is 10.0. The third-order valence-electron chi connectivity index (χ3n) is 3.40. The zero-order valence-electron chi connectivity index (χ0n) is 10.5. The lowest BCUT2D eigenvalue weighted by molar-refractivity contribution is -0.130. The molecule has 1 aromatic rings. The van der Waals surface area contributed by atoms with Crippen LogP contribution in [0.5, 0.6) is 0 Å². The van der Waals surface area contributed by atoms with Gasteiger partial charge >= 0.3 is 0 Å². The fourth-order valence-corrected chi connectivity index (χ4v) is 3.03. The summed E-state index contributed by atoms with van der Waals surface area (Å²) in [5.74, 6) is 0.929. The molecule has 1 fully saturated rings. The van der Waals surface area contributed by atoms with Crippen molar-refractivity contribution in [2.24, 2.45) is 5.92 Å². The average Bonchev–Trinajstić information content (AvgIpc) is 2.78. The number of aliphatic hydroxyl groups excluding tert-OH is 1. The molecule has 98 valence electrons. The van der Waals surface area contributed by atoms with Gasteiger partial charge in [-0.2, -0.15) is 0 Å². The molecule has 0 bridgehead atoms. The average molecular weight is 266 g/mol. The zero-order valence-corrected chi connectivity index (χ0v) is 11.3. The molecule has 1 aromatic heterocycles. The highest BCUT2D eigenvalue weighted by molar-refractivity contribution is 8.00. The van der Waals surface area contributed by atoms with Crippen molar-refractivity contribution in [2.45, 2.75) is 24.3 Å². The summed E-state index contributed by atoms with van der Waals surface area (Å²) in [6, 6.07) is 3.79. The Balaban J connectivity index is 1.88. The molecule has 18 heavy (non-hydrogen) atoms. The van der Waals surface area contributed by atoms with Crippen LogP contribution in [0.15, 0.2) is 29.4 Å². The Morgan fingerprint density at radius 2 is 2.28 bits per heavy atom. The molecular formula is C13H18N2O2S. The SMILES string of the molecule is CC1CCN(C(=O)CSc2ccncc2)C1CO. The summed E-state index contributed by atoms with van der Waals surface area (Å²) >= 11 is 1.52. The smallest absolute Gasteiger partial charge is 0.233 e. The lowest BCUT2D eigenvalue weighted by Crippen LogP contribution is -2.40. The number of pyridine rings is 1. The molecule has 0 radical (unpaired) electrons. The van der Waals surface area contributed by atoms with Crippen LogP contribution in [0, 0.1) is 5.92 Å². The number of hydrogen-bond donors (Lipinski definition) is 1. The van der Waals surface area contributed by atoms with Gasteiger partial charge in [0.05, 0.1) is 18.4 Å². The van der Waals surface area contributed by atoms with Crippen molar-refractivity contribution in [3.63, 3.8) is 0 Å². The van der Waals surface area contributed by atoms with E-state index in [1.54, 1.807) is 12.4 Å². The maximum atomic E-state index is 12.1. The van der Waals surface area contributed by atoms with Gasteiger partial charge in [-0.25, -0.2) is 0 Å². The van der Waals surface area contributed by atoms with Gasteiger partial charge in [-0.05, 0) is 24.5 Å². The molecule has 1 aliphatic heterocycles. The molecule has 4 nitrogen and oxygen atoms in total. The van der Waals surface area contributed by atoms with Crippen LogP contribution in [0.3, 0.4) is 0 Å². The Kier molecular flexibility index (Phi) is 4.60. The van der Waals surface area contributed by atoms with Crippen molar-refractivity contribution in [2.75, 3.05) is 18.9 Å². The summed E-state index contributed by atoms with van der Waals surface area (Å²) in [4.78, 5) is 18.9. The van der Waals surface area contributed by atoms with Crippen LogP contribution in [0.1, 0.15) is 13.3 Å². The molecule has 5 heteroatoms. The third kappa shape index (κ3) is 3.03. The molecule has 2 heterocycles. The minimum atomic E-state index is -0.00413. The normalized spacial score (nSPS) is 23.3. The van der Waals surface area contributed by atoms with Gasteiger partial charge in [-0.1, -0.05) is 6.92 Å². The monoisotopic (exact) mass is 266 g/mol. The van der Waals surface area contributed by atoms with E-state index >= 15 is 0 Å². The van der Waals surface area contributed by atoms with Crippen LogP contribution in [0.2, 0.25) is 0 Å². The van der Waals surface area contributed by atoms with Crippen LogP contribution >= 0.6 is 11.8 Å². The van der Waals surface area contributed by atoms with E-state index in [-0.39, 0.29) is 18.6 Å². The summed E-state index contributed by atoms with van der Waals surface area (Å²) in [5, 5.41) is 9.33. The molecule has 1 saturated heterocycles. The summed E-state index contributed by atoms with van der Waals surface area (Å²) in [5.41, 5.74) is 0. The first-order valence-corrected chi connectivity index (χ1v) is 7.14. The molecule has 0 spiro atoms. The van der Waals surface area contributed by atoms with E-state index in [1.807, 2.05) is 17.0 Å². The predicted octanol–water partition coefficient (Wildman–Crippen LogP) is 1.40. The van der Waals surface area contributed by atoms with Crippen LogP contribution in [-0.2, 0) is 4.79 Å². The lowest BCUT2D eigenvalue weighted by Gasteiger charge is -2.25. The van der Waals surface area contributed by atoms with E-state index in [4.69, 9.17) is 0 Å². The van der Waals surface area contributed by atoms with Crippen molar-refractivity contribution in [1.29, 1.82) is 0 Å². The van der Waals surface area contributed by atoms with E-state index in [1.165, 1.54) is 11.8 Å². The summed E-state index contributed by atoms with van der Waals surface area (Å²) in [7, 11) is 0. The molecule has 1 amide bonds. The quantitative estimate of drug-likeness (QED) is 0.837. The van der Waals surface area contributed by atoms with Gasteiger partial charge in [-0.3, -0.25) is 9.78 Å². The van der Waals surface area contributed by atoms with Gasteiger partial charge in [0.25, 0.3) is 0 Å². The molecule has 2 rings (SSSR count). The van der Waals surface area contributed by atoms with Crippen LogP contribution < -0.4 is 0 Å². The second-order valence-electron chi connectivity index (χ2n) is 4.57. The molecule has 2 unspecified atom stereocenters. The Hall–Kier alpha value is -1.07. The Bertz CT molecular complexity index is 399. The van der Waals surface area contributed by atoms with Gasteiger partial charge in [0.1, 0.15) is 0 Å². The van der Waals surface area contributed by atoms with Gasteiger partial charge in [0, 0.05) is 23.8 Å². The Morgan fingerprint density at radius 3 is 2.94 bits per heavy atom. The molecule has 1 aliphatic rings. The molecular weight excluding hydrogens is 248 g/mol. The van der Waals surface area contributed by atoms with Crippen LogP contribution in [-0.4, -0.2) is 45.8 Å². The fraction of sp³-hybridized carbons (Fsp3) is 0.538. The first kappa shape index (κ1) is 13.4.